The second-order valence-electron chi connectivity index (χ2n) is 8.76. The van der Waals surface area contributed by atoms with Crippen LogP contribution in [0, 0.1) is 5.92 Å². The molecule has 7 heteroatoms. The number of carbonyl (C=O) groups is 1. The summed E-state index contributed by atoms with van der Waals surface area (Å²) in [6, 6.07) is 9.04. The van der Waals surface area contributed by atoms with E-state index in [1.54, 1.807) is 12.1 Å². The number of hydrogen-bond donors (Lipinski definition) is 0. The normalized spacial score (nSPS) is 21.3. The minimum Gasteiger partial charge on any atom is -0.486 e. The number of likely N-dealkylation sites (tertiary alicyclic amines) is 1. The van der Waals surface area contributed by atoms with Crippen molar-refractivity contribution in [2.45, 2.75) is 57.5 Å². The molecule has 1 atom stereocenters. The van der Waals surface area contributed by atoms with E-state index in [4.69, 9.17) is 9.47 Å². The molecule has 3 aliphatic rings. The number of aromatic nitrogens is 2. The summed E-state index contributed by atoms with van der Waals surface area (Å²) >= 11 is 0. The Balaban J connectivity index is 1.35. The van der Waals surface area contributed by atoms with E-state index in [2.05, 4.69) is 5.10 Å². The van der Waals surface area contributed by atoms with Crippen LogP contribution in [-0.2, 0) is 11.3 Å². The molecule has 0 radical (unpaired) electrons. The molecule has 2 fully saturated rings. The molecule has 1 aliphatic carbocycles. The third-order valence-corrected chi connectivity index (χ3v) is 6.70. The average Bonchev–Trinajstić information content (AvgIpc) is 3.28. The highest BCUT2D eigenvalue weighted by molar-refractivity contribution is 5.79. The zero-order chi connectivity index (χ0) is 21.2. The van der Waals surface area contributed by atoms with Gasteiger partial charge in [-0.15, -0.1) is 0 Å². The Kier molecular flexibility index (Phi) is 5.66. The summed E-state index contributed by atoms with van der Waals surface area (Å²) in [4.78, 5) is 27.7. The van der Waals surface area contributed by atoms with Crippen LogP contribution in [0.5, 0.6) is 11.5 Å². The first-order chi connectivity index (χ1) is 15.2. The molecule has 3 heterocycles. The summed E-state index contributed by atoms with van der Waals surface area (Å²) in [6.07, 6.45) is 7.43. The van der Waals surface area contributed by atoms with E-state index in [0.29, 0.717) is 31.2 Å². The van der Waals surface area contributed by atoms with Crippen LogP contribution >= 0.6 is 0 Å². The number of nitrogens with zero attached hydrogens (tertiary/aromatic N) is 3. The number of fused-ring (bicyclic) bond motifs is 1. The van der Waals surface area contributed by atoms with Crippen molar-refractivity contribution < 1.29 is 14.3 Å². The lowest BCUT2D eigenvalue weighted by Crippen LogP contribution is -2.43. The predicted octanol–water partition coefficient (Wildman–Crippen LogP) is 3.25. The molecule has 31 heavy (non-hydrogen) atoms. The molecule has 1 aromatic heterocycles. The van der Waals surface area contributed by atoms with Gasteiger partial charge in [-0.05, 0) is 49.9 Å². The van der Waals surface area contributed by atoms with Gasteiger partial charge in [0, 0.05) is 24.1 Å². The Bertz CT molecular complexity index is 1010. The van der Waals surface area contributed by atoms with Crippen molar-refractivity contribution in [3.63, 3.8) is 0 Å². The number of ether oxygens (including phenoxy) is 2. The predicted molar refractivity (Wildman–Crippen MR) is 116 cm³/mol. The first kappa shape index (κ1) is 20.1. The van der Waals surface area contributed by atoms with Crippen molar-refractivity contribution in [2.75, 3.05) is 19.8 Å². The molecule has 1 saturated carbocycles. The van der Waals surface area contributed by atoms with E-state index in [1.807, 2.05) is 23.1 Å². The number of amides is 1. The van der Waals surface area contributed by atoms with Crippen LogP contribution in [0.4, 0.5) is 0 Å². The van der Waals surface area contributed by atoms with E-state index in [-0.39, 0.29) is 23.4 Å². The van der Waals surface area contributed by atoms with Crippen molar-refractivity contribution >= 4 is 5.91 Å². The maximum absolute atomic E-state index is 13.1. The number of benzene rings is 1. The maximum Gasteiger partial charge on any atom is 0.266 e. The highest BCUT2D eigenvalue weighted by atomic mass is 16.6. The lowest BCUT2D eigenvalue weighted by atomic mass is 9.88. The topological polar surface area (TPSA) is 73.7 Å². The first-order valence-electron chi connectivity index (χ1n) is 11.5. The van der Waals surface area contributed by atoms with Crippen LogP contribution in [0.25, 0.3) is 11.3 Å². The van der Waals surface area contributed by atoms with Crippen LogP contribution in [0.15, 0.2) is 35.1 Å². The smallest absolute Gasteiger partial charge is 0.266 e. The largest absolute Gasteiger partial charge is 0.486 e. The standard InChI is InChI=1S/C24H29N3O4/c28-23-11-9-20(18-8-10-21-22(15-18)31-14-13-30-21)25-27(23)16-19-7-4-12-26(19)24(29)17-5-2-1-3-6-17/h8-11,15,17,19H,1-7,12-14,16H2/t19-/m0/s1. The minimum absolute atomic E-state index is 0.0372. The highest BCUT2D eigenvalue weighted by Crippen LogP contribution is 2.34. The van der Waals surface area contributed by atoms with E-state index in [9.17, 15) is 9.59 Å². The molecule has 0 N–H and O–H groups in total. The summed E-state index contributed by atoms with van der Waals surface area (Å²) in [7, 11) is 0. The van der Waals surface area contributed by atoms with Crippen LogP contribution in [0.3, 0.4) is 0 Å². The van der Waals surface area contributed by atoms with Crippen molar-refractivity contribution in [3.05, 3.63) is 40.7 Å². The molecule has 164 valence electrons. The molecular formula is C24H29N3O4. The molecule has 2 aliphatic heterocycles. The second-order valence-corrected chi connectivity index (χ2v) is 8.76. The molecule has 0 unspecified atom stereocenters. The Morgan fingerprint density at radius 2 is 1.77 bits per heavy atom. The van der Waals surface area contributed by atoms with Gasteiger partial charge in [0.25, 0.3) is 5.56 Å². The monoisotopic (exact) mass is 423 g/mol. The van der Waals surface area contributed by atoms with Gasteiger partial charge in [-0.25, -0.2) is 4.68 Å². The molecule has 5 rings (SSSR count). The lowest BCUT2D eigenvalue weighted by Gasteiger charge is -2.30. The van der Waals surface area contributed by atoms with E-state index < -0.39 is 0 Å². The Morgan fingerprint density at radius 1 is 0.968 bits per heavy atom. The van der Waals surface area contributed by atoms with E-state index in [1.165, 1.54) is 11.1 Å². The van der Waals surface area contributed by atoms with Crippen LogP contribution in [0.2, 0.25) is 0 Å². The number of rotatable bonds is 4. The molecule has 0 spiro atoms. The Morgan fingerprint density at radius 3 is 2.61 bits per heavy atom. The molecule has 7 nitrogen and oxygen atoms in total. The van der Waals surface area contributed by atoms with Crippen molar-refractivity contribution in [1.29, 1.82) is 0 Å². The van der Waals surface area contributed by atoms with Gasteiger partial charge in [0.1, 0.15) is 13.2 Å². The van der Waals surface area contributed by atoms with Crippen LogP contribution in [-0.4, -0.2) is 46.4 Å². The fraction of sp³-hybridized carbons (Fsp3) is 0.542. The van der Waals surface area contributed by atoms with Gasteiger partial charge in [0.2, 0.25) is 5.91 Å². The summed E-state index contributed by atoms with van der Waals surface area (Å²) in [5.41, 5.74) is 1.44. The van der Waals surface area contributed by atoms with Gasteiger partial charge >= 0.3 is 0 Å². The number of hydrogen-bond acceptors (Lipinski definition) is 5. The van der Waals surface area contributed by atoms with Crippen molar-refractivity contribution in [2.24, 2.45) is 5.92 Å². The van der Waals surface area contributed by atoms with Crippen LogP contribution < -0.4 is 15.0 Å². The molecule has 0 bridgehead atoms. The Hall–Kier alpha value is -2.83. The van der Waals surface area contributed by atoms with Gasteiger partial charge in [-0.3, -0.25) is 9.59 Å². The summed E-state index contributed by atoms with van der Waals surface area (Å²) in [5.74, 6) is 1.86. The zero-order valence-electron chi connectivity index (χ0n) is 17.8. The van der Waals surface area contributed by atoms with Crippen molar-refractivity contribution in [3.8, 4) is 22.8 Å². The first-order valence-corrected chi connectivity index (χ1v) is 11.5. The van der Waals surface area contributed by atoms with E-state index >= 15 is 0 Å². The Labute approximate surface area is 182 Å². The van der Waals surface area contributed by atoms with Crippen molar-refractivity contribution in [1.82, 2.24) is 14.7 Å². The third kappa shape index (κ3) is 4.18. The van der Waals surface area contributed by atoms with Gasteiger partial charge in [0.05, 0.1) is 18.3 Å². The maximum atomic E-state index is 13.1. The fourth-order valence-electron chi connectivity index (χ4n) is 5.04. The minimum atomic E-state index is -0.141. The second kappa shape index (κ2) is 8.73. The van der Waals surface area contributed by atoms with Gasteiger partial charge in [0.15, 0.2) is 11.5 Å². The third-order valence-electron chi connectivity index (χ3n) is 6.70. The van der Waals surface area contributed by atoms with Gasteiger partial charge in [-0.1, -0.05) is 19.3 Å². The molecule has 1 aromatic carbocycles. The SMILES string of the molecule is O=C(C1CCCCC1)N1CCC[C@H]1Cn1nc(-c2ccc3c(c2)OCCO3)ccc1=O. The average molecular weight is 424 g/mol. The molecule has 1 amide bonds. The highest BCUT2D eigenvalue weighted by Gasteiger charge is 2.34. The molecule has 1 saturated heterocycles. The lowest BCUT2D eigenvalue weighted by molar-refractivity contribution is -0.137. The number of carbonyl (C=O) groups excluding carboxylic acids is 1. The molecule has 2 aromatic rings. The quantitative estimate of drug-likeness (QED) is 0.755. The summed E-state index contributed by atoms with van der Waals surface area (Å²) in [6.45, 7) is 2.30. The van der Waals surface area contributed by atoms with E-state index in [0.717, 1.165) is 56.4 Å². The summed E-state index contributed by atoms with van der Waals surface area (Å²) in [5, 5.41) is 4.63. The fourth-order valence-corrected chi connectivity index (χ4v) is 5.04. The molecular weight excluding hydrogens is 394 g/mol. The summed E-state index contributed by atoms with van der Waals surface area (Å²) < 4.78 is 12.8. The zero-order valence-corrected chi connectivity index (χ0v) is 17.8. The van der Waals surface area contributed by atoms with Crippen LogP contribution in [0.1, 0.15) is 44.9 Å². The van der Waals surface area contributed by atoms with Gasteiger partial charge < -0.3 is 14.4 Å². The van der Waals surface area contributed by atoms with Gasteiger partial charge in [-0.2, -0.15) is 5.10 Å².